The highest BCUT2D eigenvalue weighted by atomic mass is 14.9. The largest absolute Gasteiger partial charge is 0.316 e. The fourth-order valence-corrected chi connectivity index (χ4v) is 3.29. The molecular weight excluding hydrogens is 206 g/mol. The highest BCUT2D eigenvalue weighted by Crippen LogP contribution is 2.42. The van der Waals surface area contributed by atoms with Gasteiger partial charge in [0.2, 0.25) is 0 Å². The van der Waals surface area contributed by atoms with Crippen molar-refractivity contribution in [2.75, 3.05) is 13.1 Å². The maximum absolute atomic E-state index is 3.63. The number of hydrogen-bond acceptors (Lipinski definition) is 1. The maximum Gasteiger partial charge on any atom is -0.000823 e. The van der Waals surface area contributed by atoms with E-state index in [1.807, 2.05) is 0 Å². The summed E-state index contributed by atoms with van der Waals surface area (Å²) in [6.07, 6.45) is 8.85. The molecule has 0 saturated heterocycles. The average Bonchev–Trinajstić information content (AvgIpc) is 2.98. The molecule has 3 unspecified atom stereocenters. The van der Waals surface area contributed by atoms with Gasteiger partial charge < -0.3 is 5.32 Å². The van der Waals surface area contributed by atoms with Crippen LogP contribution in [0.3, 0.4) is 0 Å². The molecule has 1 N–H and O–H groups in total. The molecule has 17 heavy (non-hydrogen) atoms. The SMILES string of the molecule is C1=CC2CC1CC2CNCCc1ccccc1. The van der Waals surface area contributed by atoms with Gasteiger partial charge in [-0.3, -0.25) is 0 Å². The predicted octanol–water partition coefficient (Wildman–Crippen LogP) is 3.03. The van der Waals surface area contributed by atoms with Crippen LogP contribution in [0.4, 0.5) is 0 Å². The second-order valence-corrected chi connectivity index (χ2v) is 5.48. The molecule has 1 aromatic rings. The lowest BCUT2D eigenvalue weighted by Crippen LogP contribution is -2.27. The Labute approximate surface area is 104 Å². The minimum absolute atomic E-state index is 0.879. The van der Waals surface area contributed by atoms with Crippen LogP contribution in [0.2, 0.25) is 0 Å². The van der Waals surface area contributed by atoms with E-state index in [0.29, 0.717) is 0 Å². The van der Waals surface area contributed by atoms with Crippen molar-refractivity contribution >= 4 is 0 Å². The van der Waals surface area contributed by atoms with Gasteiger partial charge in [-0.2, -0.15) is 0 Å². The summed E-state index contributed by atoms with van der Waals surface area (Å²) in [5.74, 6) is 2.69. The molecule has 0 aliphatic heterocycles. The Bertz CT molecular complexity index is 382. The summed E-state index contributed by atoms with van der Waals surface area (Å²) >= 11 is 0. The van der Waals surface area contributed by atoms with Gasteiger partial charge in [0.05, 0.1) is 0 Å². The van der Waals surface area contributed by atoms with E-state index in [0.717, 1.165) is 30.7 Å². The fourth-order valence-electron chi connectivity index (χ4n) is 3.29. The van der Waals surface area contributed by atoms with Gasteiger partial charge in [-0.05, 0) is 55.7 Å². The third-order valence-corrected chi connectivity index (χ3v) is 4.26. The van der Waals surface area contributed by atoms with E-state index in [1.165, 1.54) is 24.9 Å². The molecular formula is C16H21N. The number of fused-ring (bicyclic) bond motifs is 2. The molecule has 1 heteroatoms. The first-order valence-corrected chi connectivity index (χ1v) is 6.85. The molecule has 2 aliphatic rings. The second kappa shape index (κ2) is 5.05. The molecule has 2 bridgehead atoms. The smallest absolute Gasteiger partial charge is 0.000823 e. The molecule has 0 aromatic heterocycles. The van der Waals surface area contributed by atoms with E-state index in [9.17, 15) is 0 Å². The zero-order valence-corrected chi connectivity index (χ0v) is 10.3. The van der Waals surface area contributed by atoms with Gasteiger partial charge in [0.1, 0.15) is 0 Å². The van der Waals surface area contributed by atoms with Crippen LogP contribution >= 0.6 is 0 Å². The van der Waals surface area contributed by atoms with Crippen molar-refractivity contribution < 1.29 is 0 Å². The molecule has 0 spiro atoms. The van der Waals surface area contributed by atoms with Crippen molar-refractivity contribution in [3.05, 3.63) is 48.0 Å². The lowest BCUT2D eigenvalue weighted by molar-refractivity contribution is 0.416. The summed E-state index contributed by atoms with van der Waals surface area (Å²) in [6, 6.07) is 10.7. The first kappa shape index (κ1) is 11.0. The van der Waals surface area contributed by atoms with Crippen molar-refractivity contribution in [1.82, 2.24) is 5.32 Å². The van der Waals surface area contributed by atoms with E-state index < -0.39 is 0 Å². The first-order valence-electron chi connectivity index (χ1n) is 6.85. The molecule has 90 valence electrons. The van der Waals surface area contributed by atoms with Crippen LogP contribution in [0.15, 0.2) is 42.5 Å². The zero-order valence-electron chi connectivity index (χ0n) is 10.3. The van der Waals surface area contributed by atoms with Gasteiger partial charge in [0.25, 0.3) is 0 Å². The summed E-state index contributed by atoms with van der Waals surface area (Å²) in [4.78, 5) is 0. The standard InChI is InChI=1S/C16H21N/c1-2-4-13(5-3-1)8-9-17-12-16-11-14-6-7-15(16)10-14/h1-7,14-17H,8-12H2. The van der Waals surface area contributed by atoms with Gasteiger partial charge in [0.15, 0.2) is 0 Å². The molecule has 1 nitrogen and oxygen atoms in total. The normalized spacial score (nSPS) is 30.0. The van der Waals surface area contributed by atoms with E-state index in [4.69, 9.17) is 0 Å². The third-order valence-electron chi connectivity index (χ3n) is 4.26. The number of allylic oxidation sites excluding steroid dienone is 2. The Morgan fingerprint density at radius 1 is 1.06 bits per heavy atom. The average molecular weight is 227 g/mol. The van der Waals surface area contributed by atoms with Gasteiger partial charge in [0, 0.05) is 0 Å². The number of rotatable bonds is 5. The number of hydrogen-bond donors (Lipinski definition) is 1. The van der Waals surface area contributed by atoms with Gasteiger partial charge >= 0.3 is 0 Å². The molecule has 0 radical (unpaired) electrons. The Morgan fingerprint density at radius 3 is 2.65 bits per heavy atom. The summed E-state index contributed by atoms with van der Waals surface area (Å²) in [6.45, 7) is 2.32. The molecule has 2 aliphatic carbocycles. The van der Waals surface area contributed by atoms with Crippen LogP contribution < -0.4 is 5.32 Å². The highest BCUT2D eigenvalue weighted by Gasteiger charge is 2.34. The summed E-state index contributed by atoms with van der Waals surface area (Å²) < 4.78 is 0. The van der Waals surface area contributed by atoms with E-state index in [1.54, 1.807) is 0 Å². The van der Waals surface area contributed by atoms with E-state index in [2.05, 4.69) is 47.8 Å². The predicted molar refractivity (Wildman–Crippen MR) is 71.9 cm³/mol. The Balaban J connectivity index is 1.37. The van der Waals surface area contributed by atoms with Gasteiger partial charge in [-0.1, -0.05) is 42.5 Å². The maximum atomic E-state index is 3.63. The fraction of sp³-hybridized carbons (Fsp3) is 0.500. The van der Waals surface area contributed by atoms with Crippen LogP contribution in [0.5, 0.6) is 0 Å². The molecule has 1 fully saturated rings. The second-order valence-electron chi connectivity index (χ2n) is 5.48. The van der Waals surface area contributed by atoms with Crippen LogP contribution in [0.25, 0.3) is 0 Å². The van der Waals surface area contributed by atoms with Crippen molar-refractivity contribution in [2.45, 2.75) is 19.3 Å². The van der Waals surface area contributed by atoms with Gasteiger partial charge in [-0.25, -0.2) is 0 Å². The summed E-state index contributed by atoms with van der Waals surface area (Å²) in [5.41, 5.74) is 1.44. The molecule has 3 rings (SSSR count). The van der Waals surface area contributed by atoms with Crippen molar-refractivity contribution in [3.63, 3.8) is 0 Å². The monoisotopic (exact) mass is 227 g/mol. The van der Waals surface area contributed by atoms with Gasteiger partial charge in [-0.15, -0.1) is 0 Å². The molecule has 0 amide bonds. The molecule has 1 saturated carbocycles. The Morgan fingerprint density at radius 2 is 1.94 bits per heavy atom. The minimum atomic E-state index is 0.879. The molecule has 3 atom stereocenters. The van der Waals surface area contributed by atoms with Crippen LogP contribution in [0.1, 0.15) is 18.4 Å². The topological polar surface area (TPSA) is 12.0 Å². The van der Waals surface area contributed by atoms with Crippen LogP contribution in [-0.2, 0) is 6.42 Å². The quantitative estimate of drug-likeness (QED) is 0.602. The molecule has 0 heterocycles. The third kappa shape index (κ3) is 2.61. The Kier molecular flexibility index (Phi) is 3.28. The summed E-state index contributed by atoms with van der Waals surface area (Å²) in [5, 5.41) is 3.63. The van der Waals surface area contributed by atoms with Crippen LogP contribution in [0, 0.1) is 17.8 Å². The Hall–Kier alpha value is -1.08. The summed E-state index contributed by atoms with van der Waals surface area (Å²) in [7, 11) is 0. The highest BCUT2D eigenvalue weighted by molar-refractivity contribution is 5.15. The van der Waals surface area contributed by atoms with E-state index >= 15 is 0 Å². The lowest BCUT2D eigenvalue weighted by Gasteiger charge is -2.18. The van der Waals surface area contributed by atoms with E-state index in [-0.39, 0.29) is 0 Å². The number of nitrogens with one attached hydrogen (secondary N) is 1. The number of benzene rings is 1. The minimum Gasteiger partial charge on any atom is -0.316 e. The first-order chi connectivity index (χ1) is 8.42. The lowest BCUT2D eigenvalue weighted by atomic mass is 9.93. The van der Waals surface area contributed by atoms with Crippen molar-refractivity contribution in [1.29, 1.82) is 0 Å². The van der Waals surface area contributed by atoms with Crippen molar-refractivity contribution in [2.24, 2.45) is 17.8 Å². The zero-order chi connectivity index (χ0) is 11.5. The van der Waals surface area contributed by atoms with Crippen LogP contribution in [-0.4, -0.2) is 13.1 Å². The molecule has 1 aromatic carbocycles. The van der Waals surface area contributed by atoms with Crippen molar-refractivity contribution in [3.8, 4) is 0 Å².